The van der Waals surface area contributed by atoms with E-state index < -0.39 is 0 Å². The second-order valence-corrected chi connectivity index (χ2v) is 5.34. The van der Waals surface area contributed by atoms with Gasteiger partial charge in [-0.25, -0.2) is 4.98 Å². The molecule has 0 radical (unpaired) electrons. The number of nitrogens with zero attached hydrogens (tertiary/aromatic N) is 4. The van der Waals surface area contributed by atoms with Crippen LogP contribution in [-0.4, -0.2) is 34.9 Å². The minimum Gasteiger partial charge on any atom is -0.382 e. The number of aryl methyl sites for hydroxylation is 1. The predicted molar refractivity (Wildman–Crippen MR) is 83.2 cm³/mol. The Morgan fingerprint density at radius 2 is 2.15 bits per heavy atom. The molecule has 2 aromatic rings. The minimum atomic E-state index is 0.385. The van der Waals surface area contributed by atoms with Crippen LogP contribution in [0.15, 0.2) is 30.9 Å². The van der Waals surface area contributed by atoms with Crippen LogP contribution in [0, 0.1) is 6.92 Å². The van der Waals surface area contributed by atoms with Gasteiger partial charge in [0.2, 0.25) is 0 Å². The second-order valence-electron chi connectivity index (χ2n) is 5.34. The van der Waals surface area contributed by atoms with Crippen LogP contribution in [0.4, 0.5) is 11.4 Å². The molecule has 1 heterocycles. The van der Waals surface area contributed by atoms with Gasteiger partial charge in [-0.15, -0.1) is 0 Å². The number of hydrogen-bond donors (Lipinski definition) is 1. The molecule has 108 valence electrons. The number of benzene rings is 1. The Balaban J connectivity index is 1.97. The Morgan fingerprint density at radius 3 is 2.80 bits per heavy atom. The molecule has 0 unspecified atom stereocenters. The number of nitrogens with one attached hydrogen (secondary N) is 1. The molecule has 1 aromatic heterocycles. The van der Waals surface area contributed by atoms with Gasteiger partial charge in [-0.3, -0.25) is 4.68 Å². The van der Waals surface area contributed by atoms with Crippen LogP contribution in [0.5, 0.6) is 0 Å². The third-order valence-electron chi connectivity index (χ3n) is 3.45. The summed E-state index contributed by atoms with van der Waals surface area (Å²) in [7, 11) is 4.14. The third kappa shape index (κ3) is 3.50. The fourth-order valence-corrected chi connectivity index (χ4v) is 2.28. The molecule has 0 saturated carbocycles. The van der Waals surface area contributed by atoms with Gasteiger partial charge in [0, 0.05) is 38.1 Å². The monoisotopic (exact) mass is 273 g/mol. The lowest BCUT2D eigenvalue weighted by molar-refractivity contribution is 0.544. The summed E-state index contributed by atoms with van der Waals surface area (Å²) in [5.74, 6) is 0. The van der Waals surface area contributed by atoms with Crippen molar-refractivity contribution in [3.05, 3.63) is 36.4 Å². The summed E-state index contributed by atoms with van der Waals surface area (Å²) in [6, 6.07) is 6.75. The molecule has 5 nitrogen and oxygen atoms in total. The summed E-state index contributed by atoms with van der Waals surface area (Å²) in [4.78, 5) is 6.09. The highest BCUT2D eigenvalue weighted by atomic mass is 15.3. The van der Waals surface area contributed by atoms with Crippen molar-refractivity contribution in [2.75, 3.05) is 24.3 Å². The van der Waals surface area contributed by atoms with Crippen LogP contribution in [-0.2, 0) is 6.54 Å². The largest absolute Gasteiger partial charge is 0.382 e. The molecule has 0 aliphatic carbocycles. The Morgan fingerprint density at radius 1 is 1.35 bits per heavy atom. The molecule has 20 heavy (non-hydrogen) atoms. The average molecular weight is 273 g/mol. The van der Waals surface area contributed by atoms with Gasteiger partial charge in [0.25, 0.3) is 0 Å². The van der Waals surface area contributed by atoms with Gasteiger partial charge >= 0.3 is 0 Å². The zero-order valence-corrected chi connectivity index (χ0v) is 12.7. The van der Waals surface area contributed by atoms with Crippen molar-refractivity contribution in [2.45, 2.75) is 32.9 Å². The van der Waals surface area contributed by atoms with E-state index in [1.807, 2.05) is 4.68 Å². The van der Waals surface area contributed by atoms with Crippen molar-refractivity contribution in [1.29, 1.82) is 0 Å². The lowest BCUT2D eigenvalue weighted by Crippen LogP contribution is -2.19. The molecule has 0 fully saturated rings. The quantitative estimate of drug-likeness (QED) is 0.878. The first-order chi connectivity index (χ1) is 9.58. The Bertz CT molecular complexity index is 533. The van der Waals surface area contributed by atoms with Crippen molar-refractivity contribution in [3.63, 3.8) is 0 Å². The van der Waals surface area contributed by atoms with Crippen molar-refractivity contribution in [1.82, 2.24) is 14.8 Å². The lowest BCUT2D eigenvalue weighted by Gasteiger charge is -2.21. The van der Waals surface area contributed by atoms with Crippen LogP contribution in [0.25, 0.3) is 0 Å². The van der Waals surface area contributed by atoms with Crippen LogP contribution >= 0.6 is 0 Å². The molecule has 5 heteroatoms. The maximum Gasteiger partial charge on any atom is 0.137 e. The first-order valence-corrected chi connectivity index (χ1v) is 6.94. The molecule has 0 aliphatic heterocycles. The molecule has 1 N–H and O–H groups in total. The molecule has 1 aromatic carbocycles. The molecule has 0 aliphatic rings. The summed E-state index contributed by atoms with van der Waals surface area (Å²) in [6.45, 7) is 5.22. The van der Waals surface area contributed by atoms with Gasteiger partial charge in [0.1, 0.15) is 12.7 Å². The molecule has 1 atom stereocenters. The van der Waals surface area contributed by atoms with Gasteiger partial charge < -0.3 is 10.2 Å². The predicted octanol–water partition coefficient (Wildman–Crippen LogP) is 2.54. The highest BCUT2D eigenvalue weighted by Gasteiger charge is 2.08. The first-order valence-electron chi connectivity index (χ1n) is 6.94. The minimum absolute atomic E-state index is 0.385. The summed E-state index contributed by atoms with van der Waals surface area (Å²) in [5.41, 5.74) is 3.73. The van der Waals surface area contributed by atoms with E-state index >= 15 is 0 Å². The van der Waals surface area contributed by atoms with Crippen LogP contribution in [0.1, 0.15) is 18.9 Å². The normalized spacial score (nSPS) is 12.2. The van der Waals surface area contributed by atoms with E-state index in [2.05, 4.69) is 66.4 Å². The average Bonchev–Trinajstić information content (AvgIpc) is 2.91. The smallest absolute Gasteiger partial charge is 0.137 e. The molecular formula is C15H23N5. The molecule has 0 saturated heterocycles. The van der Waals surface area contributed by atoms with Crippen molar-refractivity contribution in [2.24, 2.45) is 0 Å². The Labute approximate surface area is 120 Å². The fraction of sp³-hybridized carbons (Fsp3) is 0.467. The number of hydrogen-bond acceptors (Lipinski definition) is 4. The van der Waals surface area contributed by atoms with Gasteiger partial charge in [-0.1, -0.05) is 6.07 Å². The summed E-state index contributed by atoms with van der Waals surface area (Å²) in [5, 5.41) is 7.70. The number of rotatable bonds is 6. The highest BCUT2D eigenvalue weighted by molar-refractivity contribution is 5.65. The fourth-order valence-electron chi connectivity index (χ4n) is 2.28. The third-order valence-corrected chi connectivity index (χ3v) is 3.45. The molecule has 2 rings (SSSR count). The first kappa shape index (κ1) is 14.4. The number of anilines is 2. The van der Waals surface area contributed by atoms with Gasteiger partial charge in [0.15, 0.2) is 0 Å². The van der Waals surface area contributed by atoms with Crippen molar-refractivity contribution < 1.29 is 0 Å². The van der Waals surface area contributed by atoms with Crippen LogP contribution in [0.3, 0.4) is 0 Å². The van der Waals surface area contributed by atoms with E-state index in [1.165, 1.54) is 16.9 Å². The molecule has 0 spiro atoms. The summed E-state index contributed by atoms with van der Waals surface area (Å²) in [6.07, 6.45) is 4.34. The standard InChI is InChI=1S/C15H23N5/c1-12(8-9-20-11-16-10-17-20)18-14-6-5-7-15(13(14)2)19(3)4/h5-7,10-12,18H,8-9H2,1-4H3/t12-/m1/s1. The van der Waals surface area contributed by atoms with Crippen molar-refractivity contribution in [3.8, 4) is 0 Å². The highest BCUT2D eigenvalue weighted by Crippen LogP contribution is 2.26. The van der Waals surface area contributed by atoms with Crippen molar-refractivity contribution >= 4 is 11.4 Å². The summed E-state index contributed by atoms with van der Waals surface area (Å²) < 4.78 is 1.86. The van der Waals surface area contributed by atoms with Gasteiger partial charge in [0.05, 0.1) is 0 Å². The van der Waals surface area contributed by atoms with Crippen LogP contribution < -0.4 is 10.2 Å². The molecular weight excluding hydrogens is 250 g/mol. The van der Waals surface area contributed by atoms with E-state index in [-0.39, 0.29) is 0 Å². The van der Waals surface area contributed by atoms with Gasteiger partial charge in [-0.05, 0) is 38.0 Å². The van der Waals surface area contributed by atoms with E-state index in [9.17, 15) is 0 Å². The maximum absolute atomic E-state index is 4.12. The van der Waals surface area contributed by atoms with E-state index in [4.69, 9.17) is 0 Å². The topological polar surface area (TPSA) is 46.0 Å². The lowest BCUT2D eigenvalue weighted by atomic mass is 10.1. The Kier molecular flexibility index (Phi) is 4.61. The SMILES string of the molecule is Cc1c(N[C@H](C)CCn2cncn2)cccc1N(C)C. The molecule has 0 bridgehead atoms. The number of aromatic nitrogens is 3. The maximum atomic E-state index is 4.12. The van der Waals surface area contributed by atoms with Gasteiger partial charge in [-0.2, -0.15) is 5.10 Å². The zero-order valence-electron chi connectivity index (χ0n) is 12.7. The second kappa shape index (κ2) is 6.41. The van der Waals surface area contributed by atoms with E-state index in [0.29, 0.717) is 6.04 Å². The Hall–Kier alpha value is -2.04. The van der Waals surface area contributed by atoms with E-state index in [0.717, 1.165) is 13.0 Å². The molecule has 0 amide bonds. The zero-order chi connectivity index (χ0) is 14.5. The van der Waals surface area contributed by atoms with Crippen LogP contribution in [0.2, 0.25) is 0 Å². The summed E-state index contributed by atoms with van der Waals surface area (Å²) >= 11 is 0. The van der Waals surface area contributed by atoms with E-state index in [1.54, 1.807) is 12.7 Å².